The zero-order valence-corrected chi connectivity index (χ0v) is 18.9. The molecule has 0 aliphatic carbocycles. The van der Waals surface area contributed by atoms with Gasteiger partial charge < -0.3 is 5.32 Å². The van der Waals surface area contributed by atoms with Gasteiger partial charge in [0.15, 0.2) is 0 Å². The number of thiophene rings is 1. The molecule has 0 radical (unpaired) electrons. The second-order valence-corrected chi connectivity index (χ2v) is 10.8. The van der Waals surface area contributed by atoms with E-state index in [1.807, 2.05) is 6.92 Å². The molecule has 0 aromatic carbocycles. The van der Waals surface area contributed by atoms with Gasteiger partial charge in [0.2, 0.25) is 16.0 Å². The highest BCUT2D eigenvalue weighted by Gasteiger charge is 2.36. The predicted octanol–water partition coefficient (Wildman–Crippen LogP) is 3.53. The van der Waals surface area contributed by atoms with E-state index in [0.717, 1.165) is 11.1 Å². The van der Waals surface area contributed by atoms with E-state index in [1.165, 1.54) is 32.7 Å². The number of nitrogens with one attached hydrogen (secondary N) is 1. The van der Waals surface area contributed by atoms with E-state index < -0.39 is 21.8 Å². The molecule has 1 aliphatic heterocycles. The van der Waals surface area contributed by atoms with E-state index in [4.69, 9.17) is 0 Å². The van der Waals surface area contributed by atoms with E-state index in [2.05, 4.69) is 20.4 Å². The van der Waals surface area contributed by atoms with Gasteiger partial charge in [-0.3, -0.25) is 4.68 Å². The topological polar surface area (TPSA) is 93.0 Å². The minimum absolute atomic E-state index is 0.0904. The lowest BCUT2D eigenvalue weighted by Crippen LogP contribution is -2.42. The number of hydrogen-bond acceptors (Lipinski definition) is 7. The average Bonchev–Trinajstić information content (AvgIpc) is 3.36. The zero-order chi connectivity index (χ0) is 23.1. The molecule has 0 amide bonds. The lowest BCUT2D eigenvalue weighted by Gasteiger charge is -2.31. The second-order valence-electron chi connectivity index (χ2n) is 7.54. The highest BCUT2D eigenvalue weighted by atomic mass is 32.2. The number of nitrogens with zero attached hydrogens (tertiary/aromatic N) is 5. The van der Waals surface area contributed by atoms with Crippen LogP contribution in [0.3, 0.4) is 0 Å². The largest absolute Gasteiger partial charge is 0.420 e. The number of anilines is 1. The van der Waals surface area contributed by atoms with Gasteiger partial charge in [0.05, 0.1) is 16.8 Å². The highest BCUT2D eigenvalue weighted by Crippen LogP contribution is 2.38. The molecule has 0 atom stereocenters. The first kappa shape index (κ1) is 22.7. The Labute approximate surface area is 187 Å². The Bertz CT molecular complexity index is 1210. The molecule has 8 nitrogen and oxygen atoms in total. The van der Waals surface area contributed by atoms with Gasteiger partial charge in [-0.2, -0.15) is 22.6 Å². The summed E-state index contributed by atoms with van der Waals surface area (Å²) < 4.78 is 68.6. The molecule has 4 heterocycles. The van der Waals surface area contributed by atoms with Gasteiger partial charge in [0.25, 0.3) is 0 Å². The van der Waals surface area contributed by atoms with Crippen LogP contribution in [0.5, 0.6) is 0 Å². The summed E-state index contributed by atoms with van der Waals surface area (Å²) >= 11 is 1.23. The lowest BCUT2D eigenvalue weighted by atomic mass is 10.1. The third-order valence-electron chi connectivity index (χ3n) is 5.17. The number of rotatable bonds is 5. The minimum Gasteiger partial charge on any atom is -0.351 e. The highest BCUT2D eigenvalue weighted by molar-refractivity contribution is 7.89. The van der Waals surface area contributed by atoms with Crippen LogP contribution in [0.15, 0.2) is 35.6 Å². The first-order valence-electron chi connectivity index (χ1n) is 9.80. The molecule has 1 saturated heterocycles. The predicted molar refractivity (Wildman–Crippen MR) is 114 cm³/mol. The van der Waals surface area contributed by atoms with Crippen molar-refractivity contribution in [2.45, 2.75) is 36.9 Å². The minimum atomic E-state index is -4.57. The fraction of sp³-hybridized carbons (Fsp3) is 0.421. The Hall–Kier alpha value is -2.51. The Balaban J connectivity index is 1.48. The van der Waals surface area contributed by atoms with E-state index in [0.29, 0.717) is 17.7 Å². The van der Waals surface area contributed by atoms with Crippen LogP contribution in [0.25, 0.3) is 10.6 Å². The van der Waals surface area contributed by atoms with Gasteiger partial charge in [0.1, 0.15) is 10.5 Å². The summed E-state index contributed by atoms with van der Waals surface area (Å²) in [6, 6.07) is 3.20. The van der Waals surface area contributed by atoms with Gasteiger partial charge in [-0.15, -0.1) is 11.3 Å². The molecular weight excluding hydrogens is 465 g/mol. The summed E-state index contributed by atoms with van der Waals surface area (Å²) in [5.74, 6) is 0.0904. The van der Waals surface area contributed by atoms with Crippen LogP contribution in [0, 0.1) is 6.92 Å². The van der Waals surface area contributed by atoms with Crippen molar-refractivity contribution in [3.05, 3.63) is 41.2 Å². The summed E-state index contributed by atoms with van der Waals surface area (Å²) in [6.07, 6.45) is -0.0822. The molecule has 0 bridgehead atoms. The van der Waals surface area contributed by atoms with E-state index >= 15 is 0 Å². The van der Waals surface area contributed by atoms with Gasteiger partial charge in [-0.1, -0.05) is 0 Å². The SMILES string of the molecule is Cc1ccc(-c2nc(NC3CCN(S(=O)(=O)c4cnn(C)c4)CC3)ncc2C(F)(F)F)s1. The van der Waals surface area contributed by atoms with Crippen LogP contribution in [-0.2, 0) is 23.2 Å². The Morgan fingerprint density at radius 2 is 1.91 bits per heavy atom. The first-order valence-corrected chi connectivity index (χ1v) is 12.1. The third kappa shape index (κ3) is 4.64. The monoisotopic (exact) mass is 486 g/mol. The third-order valence-corrected chi connectivity index (χ3v) is 8.03. The molecule has 3 aromatic heterocycles. The van der Waals surface area contributed by atoms with Crippen molar-refractivity contribution < 1.29 is 21.6 Å². The fourth-order valence-corrected chi connectivity index (χ4v) is 5.84. The molecule has 0 unspecified atom stereocenters. The molecule has 1 N–H and O–H groups in total. The maximum absolute atomic E-state index is 13.5. The Morgan fingerprint density at radius 1 is 1.19 bits per heavy atom. The average molecular weight is 487 g/mol. The summed E-state index contributed by atoms with van der Waals surface area (Å²) in [5.41, 5.74) is -1.05. The van der Waals surface area contributed by atoms with Crippen LogP contribution in [0.1, 0.15) is 23.3 Å². The molecule has 13 heteroatoms. The summed E-state index contributed by atoms with van der Waals surface area (Å²) in [5, 5.41) is 6.98. The van der Waals surface area contributed by atoms with E-state index in [9.17, 15) is 21.6 Å². The maximum Gasteiger partial charge on any atom is 0.420 e. The molecule has 0 saturated carbocycles. The summed E-state index contributed by atoms with van der Waals surface area (Å²) in [7, 11) is -1.99. The number of hydrogen-bond donors (Lipinski definition) is 1. The van der Waals surface area contributed by atoms with Gasteiger partial charge in [0, 0.05) is 43.4 Å². The van der Waals surface area contributed by atoms with Gasteiger partial charge in [-0.05, 0) is 31.9 Å². The van der Waals surface area contributed by atoms with Crippen LogP contribution in [0.4, 0.5) is 19.1 Å². The molecular formula is C19H21F3N6O2S2. The van der Waals surface area contributed by atoms with Crippen molar-refractivity contribution in [1.29, 1.82) is 0 Å². The van der Waals surface area contributed by atoms with Crippen LogP contribution >= 0.6 is 11.3 Å². The maximum atomic E-state index is 13.5. The van der Waals surface area contributed by atoms with E-state index in [-0.39, 0.29) is 35.7 Å². The van der Waals surface area contributed by atoms with Crippen LogP contribution in [-0.4, -0.2) is 51.6 Å². The second kappa shape index (κ2) is 8.45. The normalized spacial score (nSPS) is 16.4. The Kier molecular flexibility index (Phi) is 5.98. The smallest absolute Gasteiger partial charge is 0.351 e. The van der Waals surface area contributed by atoms with Crippen molar-refractivity contribution in [3.8, 4) is 10.6 Å². The quantitative estimate of drug-likeness (QED) is 0.593. The molecule has 4 rings (SSSR count). The van der Waals surface area contributed by atoms with Crippen molar-refractivity contribution in [3.63, 3.8) is 0 Å². The number of piperidine rings is 1. The van der Waals surface area contributed by atoms with E-state index in [1.54, 1.807) is 19.2 Å². The van der Waals surface area contributed by atoms with Gasteiger partial charge in [-0.25, -0.2) is 18.4 Å². The zero-order valence-electron chi connectivity index (χ0n) is 17.3. The molecule has 1 aliphatic rings. The molecule has 172 valence electrons. The number of aromatic nitrogens is 4. The van der Waals surface area contributed by atoms with Crippen molar-refractivity contribution in [2.75, 3.05) is 18.4 Å². The molecule has 0 spiro atoms. The molecule has 32 heavy (non-hydrogen) atoms. The Morgan fingerprint density at radius 3 is 2.47 bits per heavy atom. The number of alkyl halides is 3. The van der Waals surface area contributed by atoms with Crippen molar-refractivity contribution >= 4 is 27.3 Å². The fourth-order valence-electron chi connectivity index (χ4n) is 3.51. The summed E-state index contributed by atoms with van der Waals surface area (Å²) in [4.78, 5) is 9.46. The van der Waals surface area contributed by atoms with Gasteiger partial charge >= 0.3 is 6.18 Å². The first-order chi connectivity index (χ1) is 15.0. The van der Waals surface area contributed by atoms with Crippen molar-refractivity contribution in [1.82, 2.24) is 24.1 Å². The van der Waals surface area contributed by atoms with Crippen molar-refractivity contribution in [2.24, 2.45) is 7.05 Å². The van der Waals surface area contributed by atoms with Crippen LogP contribution in [0.2, 0.25) is 0 Å². The standard InChI is InChI=1S/C19H21F3N6O2S2/c1-12-3-4-16(31-12)17-15(19(20,21)22)10-23-18(26-17)25-13-5-7-28(8-6-13)32(29,30)14-9-24-27(2)11-14/h3-4,9-11,13H,5-8H2,1-2H3,(H,23,25,26). The number of aryl methyl sites for hydroxylation is 2. The number of sulfonamides is 1. The number of halogens is 3. The molecule has 1 fully saturated rings. The molecule has 3 aromatic rings. The lowest BCUT2D eigenvalue weighted by molar-refractivity contribution is -0.137. The summed E-state index contributed by atoms with van der Waals surface area (Å²) in [6.45, 7) is 2.36. The van der Waals surface area contributed by atoms with Crippen LogP contribution < -0.4 is 5.32 Å².